The summed E-state index contributed by atoms with van der Waals surface area (Å²) in [6, 6.07) is 9.81. The number of rotatable bonds is 6. The fourth-order valence-electron chi connectivity index (χ4n) is 2.24. The minimum absolute atomic E-state index is 0.404. The van der Waals surface area contributed by atoms with E-state index in [9.17, 15) is 5.21 Å². The van der Waals surface area contributed by atoms with Crippen LogP contribution in [0.5, 0.6) is 0 Å². The van der Waals surface area contributed by atoms with Crippen LogP contribution in [-0.2, 0) is 11.4 Å². The van der Waals surface area contributed by atoms with Crippen LogP contribution in [-0.4, -0.2) is 41.6 Å². The van der Waals surface area contributed by atoms with Crippen LogP contribution in [0.25, 0.3) is 0 Å². The molecule has 0 aliphatic carbocycles. The Labute approximate surface area is 109 Å². The number of benzene rings is 1. The van der Waals surface area contributed by atoms with Crippen molar-refractivity contribution in [1.29, 1.82) is 0 Å². The Morgan fingerprint density at radius 2 is 1.83 bits per heavy atom. The van der Waals surface area contributed by atoms with E-state index in [1.54, 1.807) is 0 Å². The lowest BCUT2D eigenvalue weighted by Crippen LogP contribution is -2.34. The van der Waals surface area contributed by atoms with Gasteiger partial charge in [-0.3, -0.25) is 10.0 Å². The zero-order valence-corrected chi connectivity index (χ0v) is 10.8. The topological polar surface area (TPSA) is 35.9 Å². The van der Waals surface area contributed by atoms with E-state index in [0.29, 0.717) is 13.2 Å². The average Bonchev–Trinajstić information content (AvgIpc) is 2.41. The van der Waals surface area contributed by atoms with Crippen molar-refractivity contribution in [2.45, 2.75) is 25.8 Å². The second-order valence-corrected chi connectivity index (χ2v) is 4.73. The summed E-state index contributed by atoms with van der Waals surface area (Å²) < 4.78 is 0. The third-order valence-electron chi connectivity index (χ3n) is 3.26. The van der Waals surface area contributed by atoms with Crippen molar-refractivity contribution >= 4 is 0 Å². The van der Waals surface area contributed by atoms with Gasteiger partial charge in [0.25, 0.3) is 0 Å². The standard InChI is InChI=1S/C14H22N2O2/c17-16(13-14-7-3-1-4-8-14)18-12-11-15-9-5-2-6-10-15/h1,3-4,7-8,17H,2,5-6,9-13H2. The van der Waals surface area contributed by atoms with E-state index in [1.165, 1.54) is 19.3 Å². The number of hydrogen-bond donors (Lipinski definition) is 1. The van der Waals surface area contributed by atoms with Crippen LogP contribution in [0, 0.1) is 0 Å². The molecule has 1 aliphatic rings. The second kappa shape index (κ2) is 7.48. The maximum absolute atomic E-state index is 9.62. The highest BCUT2D eigenvalue weighted by atomic mass is 16.9. The first-order chi connectivity index (χ1) is 8.84. The molecule has 1 saturated heterocycles. The molecule has 0 spiro atoms. The zero-order valence-electron chi connectivity index (χ0n) is 10.8. The van der Waals surface area contributed by atoms with Crippen molar-refractivity contribution in [2.24, 2.45) is 0 Å². The van der Waals surface area contributed by atoms with Gasteiger partial charge in [-0.05, 0) is 31.5 Å². The zero-order chi connectivity index (χ0) is 12.6. The molecule has 18 heavy (non-hydrogen) atoms. The molecule has 2 rings (SSSR count). The maximum atomic E-state index is 9.62. The molecule has 0 saturated carbocycles. The van der Waals surface area contributed by atoms with Gasteiger partial charge in [-0.1, -0.05) is 42.0 Å². The molecule has 1 fully saturated rings. The number of likely N-dealkylation sites (tertiary alicyclic amines) is 1. The van der Waals surface area contributed by atoms with Crippen LogP contribution in [0.1, 0.15) is 24.8 Å². The summed E-state index contributed by atoms with van der Waals surface area (Å²) in [4.78, 5) is 7.68. The van der Waals surface area contributed by atoms with E-state index in [1.807, 2.05) is 30.3 Å². The van der Waals surface area contributed by atoms with Crippen molar-refractivity contribution in [3.63, 3.8) is 0 Å². The van der Waals surface area contributed by atoms with Crippen molar-refractivity contribution in [2.75, 3.05) is 26.2 Å². The van der Waals surface area contributed by atoms with E-state index in [-0.39, 0.29) is 0 Å². The number of piperidine rings is 1. The first-order valence-electron chi connectivity index (χ1n) is 6.70. The number of nitrogens with zero attached hydrogens (tertiary/aromatic N) is 2. The Morgan fingerprint density at radius 1 is 1.11 bits per heavy atom. The minimum Gasteiger partial charge on any atom is -0.301 e. The van der Waals surface area contributed by atoms with Crippen LogP contribution in [0.2, 0.25) is 0 Å². The van der Waals surface area contributed by atoms with Gasteiger partial charge >= 0.3 is 0 Å². The number of hydrogen-bond acceptors (Lipinski definition) is 4. The summed E-state index contributed by atoms with van der Waals surface area (Å²) in [6.45, 7) is 4.16. The lowest BCUT2D eigenvalue weighted by molar-refractivity contribution is -0.348. The fraction of sp³-hybridized carbons (Fsp3) is 0.571. The van der Waals surface area contributed by atoms with Crippen LogP contribution in [0.3, 0.4) is 0 Å². The molecule has 1 aromatic rings. The Morgan fingerprint density at radius 3 is 2.56 bits per heavy atom. The van der Waals surface area contributed by atoms with Gasteiger partial charge in [-0.15, -0.1) is 0 Å². The minimum atomic E-state index is 0.404. The molecule has 0 aromatic heterocycles. The second-order valence-electron chi connectivity index (χ2n) is 4.73. The Bertz CT molecular complexity index is 326. The first kappa shape index (κ1) is 13.5. The average molecular weight is 250 g/mol. The quantitative estimate of drug-likeness (QED) is 0.786. The molecule has 1 heterocycles. The van der Waals surface area contributed by atoms with Gasteiger partial charge in [-0.25, -0.2) is 0 Å². The monoisotopic (exact) mass is 250 g/mol. The van der Waals surface area contributed by atoms with Crippen molar-refractivity contribution in [1.82, 2.24) is 10.1 Å². The van der Waals surface area contributed by atoms with Crippen molar-refractivity contribution in [3.8, 4) is 0 Å². The summed E-state index contributed by atoms with van der Waals surface area (Å²) in [5.41, 5.74) is 1.04. The molecule has 100 valence electrons. The molecule has 1 aliphatic heterocycles. The van der Waals surface area contributed by atoms with E-state index < -0.39 is 0 Å². The van der Waals surface area contributed by atoms with Gasteiger partial charge in [0.2, 0.25) is 0 Å². The third-order valence-corrected chi connectivity index (χ3v) is 3.26. The van der Waals surface area contributed by atoms with Crippen molar-refractivity contribution in [3.05, 3.63) is 35.9 Å². The molecule has 1 aromatic carbocycles. The van der Waals surface area contributed by atoms with Gasteiger partial charge in [0.1, 0.15) is 0 Å². The highest BCUT2D eigenvalue weighted by Crippen LogP contribution is 2.08. The van der Waals surface area contributed by atoms with Crippen LogP contribution >= 0.6 is 0 Å². The summed E-state index contributed by atoms with van der Waals surface area (Å²) in [6.07, 6.45) is 3.91. The Balaban J connectivity index is 1.61. The first-order valence-corrected chi connectivity index (χ1v) is 6.70. The number of hydroxylamine groups is 2. The van der Waals surface area contributed by atoms with Gasteiger partial charge in [0.15, 0.2) is 0 Å². The molecule has 4 heteroatoms. The maximum Gasteiger partial charge on any atom is 0.0838 e. The van der Waals surface area contributed by atoms with Crippen LogP contribution < -0.4 is 0 Å². The summed E-state index contributed by atoms with van der Waals surface area (Å²) >= 11 is 0. The predicted molar refractivity (Wildman–Crippen MR) is 70.0 cm³/mol. The summed E-state index contributed by atoms with van der Waals surface area (Å²) in [7, 11) is 0. The summed E-state index contributed by atoms with van der Waals surface area (Å²) in [5, 5.41) is 10.6. The molecule has 4 nitrogen and oxygen atoms in total. The van der Waals surface area contributed by atoms with Gasteiger partial charge in [-0.2, -0.15) is 0 Å². The molecular weight excluding hydrogens is 228 g/mol. The smallest absolute Gasteiger partial charge is 0.0838 e. The third kappa shape index (κ3) is 4.74. The Hall–Kier alpha value is -0.940. The van der Waals surface area contributed by atoms with Crippen molar-refractivity contribution < 1.29 is 10.0 Å². The highest BCUT2D eigenvalue weighted by molar-refractivity contribution is 5.13. The molecule has 0 radical (unpaired) electrons. The van der Waals surface area contributed by atoms with E-state index in [0.717, 1.165) is 30.4 Å². The van der Waals surface area contributed by atoms with Gasteiger partial charge in [0, 0.05) is 6.54 Å². The largest absolute Gasteiger partial charge is 0.301 e. The highest BCUT2D eigenvalue weighted by Gasteiger charge is 2.10. The molecule has 0 atom stereocenters. The predicted octanol–water partition coefficient (Wildman–Crippen LogP) is 2.30. The van der Waals surface area contributed by atoms with E-state index >= 15 is 0 Å². The Kier molecular flexibility index (Phi) is 5.61. The fourth-order valence-corrected chi connectivity index (χ4v) is 2.24. The lowest BCUT2D eigenvalue weighted by Gasteiger charge is -2.26. The van der Waals surface area contributed by atoms with Crippen LogP contribution in [0.15, 0.2) is 30.3 Å². The lowest BCUT2D eigenvalue weighted by atomic mass is 10.1. The van der Waals surface area contributed by atoms with Crippen LogP contribution in [0.4, 0.5) is 0 Å². The molecule has 0 amide bonds. The SMILES string of the molecule is ON(Cc1ccccc1)OCCN1CCCCC1. The summed E-state index contributed by atoms with van der Waals surface area (Å²) in [5.74, 6) is 0. The van der Waals surface area contributed by atoms with E-state index in [2.05, 4.69) is 4.90 Å². The molecule has 0 bridgehead atoms. The van der Waals surface area contributed by atoms with E-state index in [4.69, 9.17) is 4.84 Å². The van der Waals surface area contributed by atoms with Gasteiger partial charge in [0.05, 0.1) is 13.2 Å². The molecule has 1 N–H and O–H groups in total. The van der Waals surface area contributed by atoms with Gasteiger partial charge < -0.3 is 4.90 Å². The normalized spacial score (nSPS) is 17.2. The molecular formula is C14H22N2O2. The molecule has 0 unspecified atom stereocenters.